The largest absolute Gasteiger partial charge is 0.475 e. The lowest BCUT2D eigenvalue weighted by Crippen LogP contribution is -2.45. The second kappa shape index (κ2) is 9.70. The van der Waals surface area contributed by atoms with E-state index in [1.165, 1.54) is 6.20 Å². The van der Waals surface area contributed by atoms with E-state index in [4.69, 9.17) is 23.8 Å². The first-order chi connectivity index (χ1) is 16.2. The van der Waals surface area contributed by atoms with Crippen molar-refractivity contribution in [3.8, 4) is 0 Å². The number of ether oxygens (including phenoxy) is 1. The summed E-state index contributed by atoms with van der Waals surface area (Å²) < 4.78 is 36.1. The number of halogens is 1. The molecule has 0 unspecified atom stereocenters. The van der Waals surface area contributed by atoms with Crippen molar-refractivity contribution in [2.75, 3.05) is 13.2 Å². The van der Waals surface area contributed by atoms with E-state index in [1.54, 1.807) is 12.3 Å². The number of aromatic nitrogens is 3. The Kier molecular flexibility index (Phi) is 7.05. The molecule has 0 amide bonds. The van der Waals surface area contributed by atoms with Gasteiger partial charge in [0, 0.05) is 46.0 Å². The van der Waals surface area contributed by atoms with Crippen LogP contribution in [0.15, 0.2) is 49.9 Å². The zero-order valence-electron chi connectivity index (χ0n) is 17.1. The average molecular weight is 561 g/mol. The molecule has 0 saturated carbocycles. The summed E-state index contributed by atoms with van der Waals surface area (Å²) in [4.78, 5) is 32.1. The van der Waals surface area contributed by atoms with Crippen molar-refractivity contribution >= 4 is 23.8 Å². The minimum absolute atomic E-state index is 0.00437. The third-order valence-electron chi connectivity index (χ3n) is 5.16. The number of azide groups is 1. The number of phosphoric ester groups is 1. The lowest BCUT2D eigenvalue weighted by molar-refractivity contribution is -0.127. The van der Waals surface area contributed by atoms with E-state index in [0.717, 1.165) is 16.8 Å². The number of H-pyrrole nitrogens is 1. The Morgan fingerprint density at radius 3 is 2.94 bits per heavy atom. The SMILES string of the molecule is [N-]=[N+]=N[C@]1(CO[P@]2(=O)OCC[C@H](c3cncc(Br)c3)O2)O[C@@H](n2ccc(=O)[nH]c2=O)[C@H](O)[C@@H]1O. The summed E-state index contributed by atoms with van der Waals surface area (Å²) in [7, 11) is -4.24. The Morgan fingerprint density at radius 1 is 1.44 bits per heavy atom. The Hall–Kier alpha value is -2.39. The smallest absolute Gasteiger partial charge is 0.387 e. The van der Waals surface area contributed by atoms with Crippen molar-refractivity contribution in [3.05, 3.63) is 72.0 Å². The third-order valence-corrected chi connectivity index (χ3v) is 7.05. The number of aromatic amines is 1. The fraction of sp³-hybridized carbons (Fsp3) is 0.471. The van der Waals surface area contributed by atoms with Crippen LogP contribution in [-0.2, 0) is 22.9 Å². The molecule has 2 fully saturated rings. The van der Waals surface area contributed by atoms with E-state index < -0.39 is 55.9 Å². The molecule has 4 heterocycles. The van der Waals surface area contributed by atoms with Gasteiger partial charge < -0.3 is 14.9 Å². The van der Waals surface area contributed by atoms with Crippen molar-refractivity contribution in [1.29, 1.82) is 0 Å². The Morgan fingerprint density at radius 2 is 2.24 bits per heavy atom. The highest BCUT2D eigenvalue weighted by Crippen LogP contribution is 2.58. The molecule has 0 radical (unpaired) electrons. The second-order valence-electron chi connectivity index (χ2n) is 7.37. The summed E-state index contributed by atoms with van der Waals surface area (Å²) in [6.07, 6.45) is -1.48. The number of pyridine rings is 1. The van der Waals surface area contributed by atoms with Crippen LogP contribution in [0.2, 0.25) is 0 Å². The van der Waals surface area contributed by atoms with Gasteiger partial charge in [-0.3, -0.25) is 32.9 Å². The molecular weight excluding hydrogens is 543 g/mol. The minimum Gasteiger partial charge on any atom is -0.387 e. The molecule has 34 heavy (non-hydrogen) atoms. The first-order valence-electron chi connectivity index (χ1n) is 9.76. The van der Waals surface area contributed by atoms with Gasteiger partial charge in [-0.1, -0.05) is 5.11 Å². The first kappa shape index (κ1) is 24.7. The number of phosphoric acid groups is 1. The van der Waals surface area contributed by atoms with Crippen molar-refractivity contribution < 1.29 is 33.1 Å². The van der Waals surface area contributed by atoms with Crippen molar-refractivity contribution in [3.63, 3.8) is 0 Å². The highest BCUT2D eigenvalue weighted by molar-refractivity contribution is 9.10. The molecule has 0 aromatic carbocycles. The van der Waals surface area contributed by atoms with E-state index >= 15 is 0 Å². The molecule has 0 spiro atoms. The Balaban J connectivity index is 1.55. The first-order valence-corrected chi connectivity index (χ1v) is 12.0. The van der Waals surface area contributed by atoms with Gasteiger partial charge in [-0.25, -0.2) is 9.36 Å². The van der Waals surface area contributed by atoms with Gasteiger partial charge in [-0.2, -0.15) is 0 Å². The number of hydrogen-bond donors (Lipinski definition) is 3. The summed E-state index contributed by atoms with van der Waals surface area (Å²) in [5.74, 6) is 0. The summed E-state index contributed by atoms with van der Waals surface area (Å²) in [6.45, 7) is -0.852. The standard InChI is InChI=1S/C17H18BrN6O9P/c18-10-5-9(6-20-7-10)11-2-4-30-34(29,33-11)31-8-17(22-23-19)14(27)13(26)15(32-17)24-3-1-12(25)21-16(24)28/h1,3,5-7,11,13-15,26-27H,2,4,8H2,(H,21,25,28)/t11-,13-,14+,15-,17-,34+/m1/s1. The van der Waals surface area contributed by atoms with Gasteiger partial charge in [-0.05, 0) is 27.5 Å². The maximum atomic E-state index is 13.1. The van der Waals surface area contributed by atoms with Crippen LogP contribution < -0.4 is 11.2 Å². The lowest BCUT2D eigenvalue weighted by Gasteiger charge is -2.32. The normalized spacial score (nSPS) is 33.4. The highest BCUT2D eigenvalue weighted by Gasteiger charge is 2.56. The van der Waals surface area contributed by atoms with Gasteiger partial charge in [0.25, 0.3) is 5.56 Å². The molecule has 6 atom stereocenters. The highest BCUT2D eigenvalue weighted by atomic mass is 79.9. The monoisotopic (exact) mass is 560 g/mol. The van der Waals surface area contributed by atoms with Crippen molar-refractivity contribution in [2.24, 2.45) is 5.11 Å². The molecule has 3 N–H and O–H groups in total. The topological polar surface area (TPSA) is 211 Å². The summed E-state index contributed by atoms with van der Waals surface area (Å²) in [5, 5.41) is 24.5. The molecule has 17 heteroatoms. The number of rotatable bonds is 6. The predicted octanol–water partition coefficient (Wildman–Crippen LogP) is 1.25. The maximum Gasteiger partial charge on any atom is 0.475 e. The van der Waals surface area contributed by atoms with E-state index in [9.17, 15) is 24.4 Å². The van der Waals surface area contributed by atoms with E-state index in [1.807, 2.05) is 4.98 Å². The lowest BCUT2D eigenvalue weighted by atomic mass is 10.1. The van der Waals surface area contributed by atoms with Crippen LogP contribution in [0.1, 0.15) is 24.3 Å². The van der Waals surface area contributed by atoms with Crippen LogP contribution in [0.25, 0.3) is 10.4 Å². The molecule has 4 rings (SSSR count). The van der Waals surface area contributed by atoms with Gasteiger partial charge >= 0.3 is 13.5 Å². The Bertz CT molecular complexity index is 1280. The van der Waals surface area contributed by atoms with Gasteiger partial charge in [0.2, 0.25) is 5.72 Å². The zero-order chi connectivity index (χ0) is 24.5. The maximum absolute atomic E-state index is 13.1. The second-order valence-corrected chi connectivity index (χ2v) is 9.91. The fourth-order valence-corrected chi connectivity index (χ4v) is 5.30. The van der Waals surface area contributed by atoms with Crippen LogP contribution in [0.4, 0.5) is 0 Å². The van der Waals surface area contributed by atoms with Gasteiger partial charge in [0.15, 0.2) is 6.23 Å². The van der Waals surface area contributed by atoms with Crippen LogP contribution in [0.5, 0.6) is 0 Å². The number of aliphatic hydroxyl groups excluding tert-OH is 2. The van der Waals surface area contributed by atoms with Crippen LogP contribution in [0, 0.1) is 0 Å². The van der Waals surface area contributed by atoms with Gasteiger partial charge in [0.05, 0.1) is 19.3 Å². The van der Waals surface area contributed by atoms with Crippen LogP contribution >= 0.6 is 23.8 Å². The number of nitrogens with zero attached hydrogens (tertiary/aromatic N) is 5. The molecule has 2 aliphatic heterocycles. The van der Waals surface area contributed by atoms with E-state index in [2.05, 4.69) is 30.9 Å². The van der Waals surface area contributed by atoms with Crippen molar-refractivity contribution in [1.82, 2.24) is 14.5 Å². The molecular formula is C17H18BrN6O9P. The number of nitrogens with one attached hydrogen (secondary N) is 1. The molecule has 15 nitrogen and oxygen atoms in total. The predicted molar refractivity (Wildman–Crippen MR) is 115 cm³/mol. The molecule has 2 aromatic rings. The Labute approximate surface area is 198 Å². The van der Waals surface area contributed by atoms with Gasteiger partial charge in [0.1, 0.15) is 12.2 Å². The molecule has 2 aromatic heterocycles. The van der Waals surface area contributed by atoms with Crippen LogP contribution in [0.3, 0.4) is 0 Å². The van der Waals surface area contributed by atoms with E-state index in [0.29, 0.717) is 16.5 Å². The molecule has 2 aliphatic rings. The summed E-state index contributed by atoms with van der Waals surface area (Å²) >= 11 is 3.30. The number of hydrogen-bond acceptors (Lipinski definition) is 11. The van der Waals surface area contributed by atoms with E-state index in [-0.39, 0.29) is 6.61 Å². The molecule has 182 valence electrons. The van der Waals surface area contributed by atoms with Crippen LogP contribution in [-0.4, -0.2) is 55.9 Å². The molecule has 0 aliphatic carbocycles. The minimum atomic E-state index is -4.24. The third kappa shape index (κ3) is 4.86. The quantitative estimate of drug-likeness (QED) is 0.199. The fourth-order valence-electron chi connectivity index (χ4n) is 3.51. The summed E-state index contributed by atoms with van der Waals surface area (Å²) in [6, 6.07) is 2.72. The average Bonchev–Trinajstić information content (AvgIpc) is 3.04. The summed E-state index contributed by atoms with van der Waals surface area (Å²) in [5.41, 5.74) is 5.70. The van der Waals surface area contributed by atoms with Gasteiger partial charge in [-0.15, -0.1) is 0 Å². The molecule has 0 bridgehead atoms. The number of aliphatic hydroxyl groups is 2. The zero-order valence-corrected chi connectivity index (χ0v) is 19.6. The van der Waals surface area contributed by atoms with Crippen molar-refractivity contribution in [2.45, 2.75) is 36.7 Å². The molecule has 2 saturated heterocycles.